The second kappa shape index (κ2) is 12.5. The van der Waals surface area contributed by atoms with Crippen molar-refractivity contribution in [2.24, 2.45) is 23.7 Å². The van der Waals surface area contributed by atoms with Crippen LogP contribution in [0.15, 0.2) is 137 Å². The average molecular weight is 788 g/mol. The lowest BCUT2D eigenvalue weighted by molar-refractivity contribution is -0.0443. The summed E-state index contributed by atoms with van der Waals surface area (Å²) in [4.78, 5) is 5.67. The zero-order chi connectivity index (χ0) is 40.1. The van der Waals surface area contributed by atoms with Crippen LogP contribution in [0.2, 0.25) is 0 Å². The molecule has 4 fully saturated rings. The van der Waals surface area contributed by atoms with Gasteiger partial charge in [-0.1, -0.05) is 150 Å². The minimum Gasteiger partial charge on any atom is -0.309 e. The maximum absolute atomic E-state index is 2.73. The lowest BCUT2D eigenvalue weighted by Crippen LogP contribution is -2.57. The van der Waals surface area contributed by atoms with Crippen molar-refractivity contribution in [2.75, 3.05) is 4.90 Å². The topological polar surface area (TPSA) is 3.24 Å². The van der Waals surface area contributed by atoms with E-state index in [0.717, 1.165) is 11.8 Å². The van der Waals surface area contributed by atoms with Crippen LogP contribution in [0.25, 0.3) is 22.3 Å². The first-order valence-electron chi connectivity index (χ1n) is 22.6. The predicted molar refractivity (Wildman–Crippen MR) is 248 cm³/mol. The fraction of sp³-hybridized carbons (Fsp3) is 0.368. The fourth-order valence-electron chi connectivity index (χ4n) is 14.0. The Bertz CT molecular complexity index is 2670. The van der Waals surface area contributed by atoms with E-state index in [1.54, 1.807) is 11.1 Å². The van der Waals surface area contributed by atoms with Gasteiger partial charge in [0.05, 0.1) is 5.69 Å². The maximum Gasteiger partial charge on any atom is 0.0682 e. The smallest absolute Gasteiger partial charge is 0.0682 e. The summed E-state index contributed by atoms with van der Waals surface area (Å²) in [6.45, 7) is 14.7. The molecule has 296 valence electrons. The first-order valence-corrected chi connectivity index (χ1v) is 23.5. The van der Waals surface area contributed by atoms with E-state index < -0.39 is 0 Å². The van der Waals surface area contributed by atoms with Crippen LogP contribution >= 0.6 is 11.8 Å². The Hall–Kier alpha value is -4.53. The van der Waals surface area contributed by atoms with Gasteiger partial charge in [-0.25, -0.2) is 0 Å². The Labute approximate surface area is 356 Å². The summed E-state index contributed by atoms with van der Waals surface area (Å²) in [6.07, 6.45) is 9.37. The molecule has 0 amide bonds. The van der Waals surface area contributed by atoms with Crippen LogP contribution in [0, 0.1) is 23.7 Å². The van der Waals surface area contributed by atoms with Gasteiger partial charge >= 0.3 is 0 Å². The molecule has 13 rings (SSSR count). The van der Waals surface area contributed by atoms with E-state index in [0.29, 0.717) is 11.8 Å². The molecule has 1 heterocycles. The van der Waals surface area contributed by atoms with Crippen molar-refractivity contribution in [3.63, 3.8) is 0 Å². The predicted octanol–water partition coefficient (Wildman–Crippen LogP) is 15.7. The Morgan fingerprint density at radius 3 is 1.76 bits per heavy atom. The SMILES string of the molecule is CC1(C)CCC(C)(C)c2cc(N(c3ccc4c(c3)C(C)(C)c3ccccc3-4)c3c(-c4ccccc4)ccc4c3Sc3ccccc3C43C4CC5CC(C4)CC3C5)ccc21. The molecule has 0 aromatic heterocycles. The number of rotatable bonds is 4. The van der Waals surface area contributed by atoms with Crippen LogP contribution in [0.1, 0.15) is 120 Å². The number of hydrogen-bond acceptors (Lipinski definition) is 2. The van der Waals surface area contributed by atoms with Gasteiger partial charge in [0.1, 0.15) is 0 Å². The van der Waals surface area contributed by atoms with Crippen molar-refractivity contribution < 1.29 is 0 Å². The third kappa shape index (κ3) is 5.05. The highest BCUT2D eigenvalue weighted by Gasteiger charge is 2.61. The summed E-state index contributed by atoms with van der Waals surface area (Å²) in [5.41, 5.74) is 18.5. The van der Waals surface area contributed by atoms with Crippen LogP contribution in [0.4, 0.5) is 17.1 Å². The molecule has 4 bridgehead atoms. The molecule has 4 saturated carbocycles. The normalized spacial score (nSPS) is 26.7. The van der Waals surface area contributed by atoms with Crippen LogP contribution < -0.4 is 4.90 Å². The molecule has 6 aromatic rings. The third-order valence-corrected chi connectivity index (χ3v) is 18.0. The van der Waals surface area contributed by atoms with Crippen molar-refractivity contribution in [1.82, 2.24) is 0 Å². The number of nitrogens with zero attached hydrogens (tertiary/aromatic N) is 1. The lowest BCUT2D eigenvalue weighted by Gasteiger charge is -2.63. The molecular weight excluding hydrogens is 731 g/mol. The summed E-state index contributed by atoms with van der Waals surface area (Å²) in [5, 5.41) is 0. The van der Waals surface area contributed by atoms with Gasteiger partial charge in [-0.2, -0.15) is 0 Å². The molecule has 1 spiro atoms. The molecule has 1 aliphatic heterocycles. The summed E-state index contributed by atoms with van der Waals surface area (Å²) in [6, 6.07) is 50.2. The quantitative estimate of drug-likeness (QED) is 0.175. The van der Waals surface area contributed by atoms with Gasteiger partial charge in [0.2, 0.25) is 0 Å². The summed E-state index contributed by atoms with van der Waals surface area (Å²) < 4.78 is 0. The average Bonchev–Trinajstić information content (AvgIpc) is 3.46. The van der Waals surface area contributed by atoms with Gasteiger partial charge in [0.15, 0.2) is 0 Å². The Balaban J connectivity index is 1.17. The van der Waals surface area contributed by atoms with Gasteiger partial charge in [-0.3, -0.25) is 0 Å². The van der Waals surface area contributed by atoms with Gasteiger partial charge in [-0.15, -0.1) is 0 Å². The van der Waals surface area contributed by atoms with Crippen LogP contribution in [-0.2, 0) is 21.7 Å². The molecule has 7 aliphatic rings. The molecule has 59 heavy (non-hydrogen) atoms. The summed E-state index contributed by atoms with van der Waals surface area (Å²) in [5.74, 6) is 3.17. The maximum atomic E-state index is 2.73. The highest BCUT2D eigenvalue weighted by molar-refractivity contribution is 7.99. The van der Waals surface area contributed by atoms with E-state index in [1.807, 2.05) is 0 Å². The second-order valence-corrected chi connectivity index (χ2v) is 22.3. The number of fused-ring (bicyclic) bond motifs is 6. The van der Waals surface area contributed by atoms with Gasteiger partial charge in [0, 0.05) is 37.6 Å². The highest BCUT2D eigenvalue weighted by Crippen LogP contribution is 2.70. The Morgan fingerprint density at radius 1 is 0.475 bits per heavy atom. The van der Waals surface area contributed by atoms with E-state index >= 15 is 0 Å². The van der Waals surface area contributed by atoms with Crippen molar-refractivity contribution in [2.45, 2.75) is 118 Å². The molecule has 2 heteroatoms. The Kier molecular flexibility index (Phi) is 7.70. The largest absolute Gasteiger partial charge is 0.309 e. The zero-order valence-corrected chi connectivity index (χ0v) is 36.6. The zero-order valence-electron chi connectivity index (χ0n) is 35.7. The first-order chi connectivity index (χ1) is 28.4. The van der Waals surface area contributed by atoms with Crippen LogP contribution in [0.3, 0.4) is 0 Å². The minimum absolute atomic E-state index is 0.0453. The van der Waals surface area contributed by atoms with Gasteiger partial charge in [0.25, 0.3) is 0 Å². The lowest BCUT2D eigenvalue weighted by atomic mass is 9.42. The van der Waals surface area contributed by atoms with Crippen molar-refractivity contribution in [1.29, 1.82) is 0 Å². The van der Waals surface area contributed by atoms with Gasteiger partial charge < -0.3 is 4.90 Å². The monoisotopic (exact) mass is 787 g/mol. The van der Waals surface area contributed by atoms with E-state index in [4.69, 9.17) is 0 Å². The van der Waals surface area contributed by atoms with Crippen LogP contribution in [-0.4, -0.2) is 0 Å². The standard InChI is InChI=1S/C57H57NS/c1-54(2)26-27-55(3,4)50-34-41(21-24-46(50)54)58(40-20-22-44-43-16-10-11-17-45(43)56(5,6)49(44)33-40)52-42(37-14-8-7-9-15-37)23-25-48-53(52)59-51-19-13-12-18-47(51)57(48)38-29-35-28-36(31-38)32-39(57)30-35/h7-25,33-36,38-39H,26-32H2,1-6H3. The number of hydrogen-bond donors (Lipinski definition) is 0. The van der Waals surface area contributed by atoms with Crippen LogP contribution in [0.5, 0.6) is 0 Å². The fourth-order valence-corrected chi connectivity index (χ4v) is 15.3. The second-order valence-electron chi connectivity index (χ2n) is 21.2. The van der Waals surface area contributed by atoms with E-state index in [1.165, 1.54) is 116 Å². The summed E-state index contributed by atoms with van der Waals surface area (Å²) in [7, 11) is 0. The number of anilines is 3. The summed E-state index contributed by atoms with van der Waals surface area (Å²) >= 11 is 2.06. The molecule has 6 aromatic carbocycles. The third-order valence-electron chi connectivity index (χ3n) is 16.8. The van der Waals surface area contributed by atoms with Crippen molar-refractivity contribution >= 4 is 28.8 Å². The molecule has 0 atom stereocenters. The van der Waals surface area contributed by atoms with E-state index in [9.17, 15) is 0 Å². The molecule has 0 radical (unpaired) electrons. The van der Waals surface area contributed by atoms with E-state index in [-0.39, 0.29) is 21.7 Å². The molecule has 0 saturated heterocycles. The molecule has 0 unspecified atom stereocenters. The van der Waals surface area contributed by atoms with E-state index in [2.05, 4.69) is 186 Å². The molecular formula is C57H57NS. The molecule has 0 N–H and O–H groups in total. The number of benzene rings is 6. The van der Waals surface area contributed by atoms with Gasteiger partial charge in [-0.05, 0) is 160 Å². The molecule has 1 nitrogen and oxygen atoms in total. The minimum atomic E-state index is -0.105. The Morgan fingerprint density at radius 2 is 1.03 bits per heavy atom. The van der Waals surface area contributed by atoms with Crippen molar-refractivity contribution in [3.8, 4) is 22.3 Å². The molecule has 6 aliphatic carbocycles. The van der Waals surface area contributed by atoms with Crippen molar-refractivity contribution in [3.05, 3.63) is 161 Å². The highest BCUT2D eigenvalue weighted by atomic mass is 32.2. The first kappa shape index (κ1) is 36.3.